The lowest BCUT2D eigenvalue weighted by Gasteiger charge is -2.33. The molecule has 1 fully saturated rings. The zero-order chi connectivity index (χ0) is 16.9. The summed E-state index contributed by atoms with van der Waals surface area (Å²) in [6.07, 6.45) is 2.50. The molecular weight excluding hydrogens is 372 g/mol. The van der Waals surface area contributed by atoms with Crippen LogP contribution in [0.3, 0.4) is 0 Å². The Morgan fingerprint density at radius 3 is 2.62 bits per heavy atom. The highest BCUT2D eigenvalue weighted by Gasteiger charge is 2.18. The molecule has 0 bridgehead atoms. The summed E-state index contributed by atoms with van der Waals surface area (Å²) < 4.78 is 0.831. The molecule has 0 spiro atoms. The molecule has 124 valence electrons. The van der Waals surface area contributed by atoms with Gasteiger partial charge in [0, 0.05) is 42.4 Å². The van der Waals surface area contributed by atoms with Crippen LogP contribution in [0.4, 0.5) is 11.5 Å². The number of benzene rings is 1. The van der Waals surface area contributed by atoms with Gasteiger partial charge in [0.1, 0.15) is 5.82 Å². The van der Waals surface area contributed by atoms with Gasteiger partial charge in [-0.3, -0.25) is 9.59 Å². The number of nitrogens with one attached hydrogen (secondary N) is 1. The SMILES string of the molecule is O=CN1CCN(c2cc(C(=O)Nc3ccccc3Br)ccn2)CC1. The summed E-state index contributed by atoms with van der Waals surface area (Å²) in [5.41, 5.74) is 1.27. The van der Waals surface area contributed by atoms with Crippen LogP contribution in [0, 0.1) is 0 Å². The molecule has 0 saturated carbocycles. The third kappa shape index (κ3) is 3.73. The number of para-hydroxylation sites is 1. The lowest BCUT2D eigenvalue weighted by atomic mass is 10.2. The standard InChI is InChI=1S/C17H17BrN4O2/c18-14-3-1-2-4-15(14)20-17(24)13-5-6-19-16(11-13)22-9-7-21(12-23)8-10-22/h1-6,11-12H,7-10H2,(H,20,24). The zero-order valence-electron chi connectivity index (χ0n) is 13.0. The fourth-order valence-corrected chi connectivity index (χ4v) is 2.93. The summed E-state index contributed by atoms with van der Waals surface area (Å²) in [5, 5.41) is 2.89. The van der Waals surface area contributed by atoms with E-state index in [1.807, 2.05) is 24.3 Å². The molecule has 1 aliphatic heterocycles. The van der Waals surface area contributed by atoms with E-state index in [0.29, 0.717) is 31.7 Å². The molecule has 2 amide bonds. The molecule has 0 atom stereocenters. The molecule has 1 aromatic heterocycles. The van der Waals surface area contributed by atoms with Crippen LogP contribution in [0.15, 0.2) is 47.1 Å². The molecule has 0 unspecified atom stereocenters. The van der Waals surface area contributed by atoms with Crippen molar-refractivity contribution in [3.8, 4) is 0 Å². The molecular formula is C17H17BrN4O2. The van der Waals surface area contributed by atoms with Gasteiger partial charge in [0.2, 0.25) is 6.41 Å². The van der Waals surface area contributed by atoms with Crippen molar-refractivity contribution in [2.45, 2.75) is 0 Å². The summed E-state index contributed by atoms with van der Waals surface area (Å²) >= 11 is 3.42. The molecule has 1 saturated heterocycles. The van der Waals surface area contributed by atoms with Crippen molar-refractivity contribution in [1.82, 2.24) is 9.88 Å². The first-order valence-corrected chi connectivity index (χ1v) is 8.43. The zero-order valence-corrected chi connectivity index (χ0v) is 14.6. The van der Waals surface area contributed by atoms with Crippen LogP contribution in [0.25, 0.3) is 0 Å². The predicted octanol–water partition coefficient (Wildman–Crippen LogP) is 2.37. The van der Waals surface area contributed by atoms with E-state index in [1.54, 1.807) is 23.2 Å². The number of carbonyl (C=O) groups excluding carboxylic acids is 2. The van der Waals surface area contributed by atoms with Gasteiger partial charge in [0.25, 0.3) is 5.91 Å². The highest BCUT2D eigenvalue weighted by molar-refractivity contribution is 9.10. The lowest BCUT2D eigenvalue weighted by Crippen LogP contribution is -2.46. The van der Waals surface area contributed by atoms with Gasteiger partial charge in [0.15, 0.2) is 0 Å². The molecule has 1 N–H and O–H groups in total. The Bertz CT molecular complexity index is 745. The average molecular weight is 389 g/mol. The molecule has 24 heavy (non-hydrogen) atoms. The molecule has 1 aliphatic rings. The largest absolute Gasteiger partial charge is 0.353 e. The van der Waals surface area contributed by atoms with Crippen molar-refractivity contribution in [2.75, 3.05) is 36.4 Å². The number of aromatic nitrogens is 1. The summed E-state index contributed by atoms with van der Waals surface area (Å²) in [5.74, 6) is 0.567. The molecule has 3 rings (SSSR count). The Morgan fingerprint density at radius 1 is 1.17 bits per heavy atom. The van der Waals surface area contributed by atoms with Crippen LogP contribution < -0.4 is 10.2 Å². The van der Waals surface area contributed by atoms with E-state index in [9.17, 15) is 9.59 Å². The van der Waals surface area contributed by atoms with Crippen molar-refractivity contribution in [3.63, 3.8) is 0 Å². The van der Waals surface area contributed by atoms with E-state index in [2.05, 4.69) is 31.1 Å². The average Bonchev–Trinajstić information content (AvgIpc) is 2.64. The van der Waals surface area contributed by atoms with Gasteiger partial charge in [-0.05, 0) is 40.2 Å². The van der Waals surface area contributed by atoms with Crippen LogP contribution in [-0.2, 0) is 4.79 Å². The fraction of sp³-hybridized carbons (Fsp3) is 0.235. The second-order valence-electron chi connectivity index (χ2n) is 5.47. The first-order chi connectivity index (χ1) is 11.7. The predicted molar refractivity (Wildman–Crippen MR) is 96.2 cm³/mol. The Balaban J connectivity index is 1.72. The number of piperazine rings is 1. The summed E-state index contributed by atoms with van der Waals surface area (Å²) in [7, 11) is 0. The molecule has 6 nitrogen and oxygen atoms in total. The smallest absolute Gasteiger partial charge is 0.255 e. The molecule has 0 radical (unpaired) electrons. The Labute approximate surface area is 148 Å². The number of anilines is 2. The van der Waals surface area contributed by atoms with Crippen LogP contribution >= 0.6 is 15.9 Å². The van der Waals surface area contributed by atoms with Gasteiger partial charge in [-0.2, -0.15) is 0 Å². The minimum absolute atomic E-state index is 0.183. The number of hydrogen-bond acceptors (Lipinski definition) is 4. The monoisotopic (exact) mass is 388 g/mol. The minimum Gasteiger partial charge on any atom is -0.353 e. The van der Waals surface area contributed by atoms with E-state index in [-0.39, 0.29) is 5.91 Å². The molecule has 7 heteroatoms. The number of nitrogens with zero attached hydrogens (tertiary/aromatic N) is 3. The van der Waals surface area contributed by atoms with Gasteiger partial charge in [-0.1, -0.05) is 12.1 Å². The van der Waals surface area contributed by atoms with Gasteiger partial charge in [0.05, 0.1) is 5.69 Å². The number of hydrogen-bond donors (Lipinski definition) is 1. The first-order valence-electron chi connectivity index (χ1n) is 7.63. The van der Waals surface area contributed by atoms with Crippen molar-refractivity contribution >= 4 is 39.8 Å². The van der Waals surface area contributed by atoms with Crippen molar-refractivity contribution in [3.05, 3.63) is 52.6 Å². The maximum Gasteiger partial charge on any atom is 0.255 e. The molecule has 2 heterocycles. The number of amides is 2. The third-order valence-electron chi connectivity index (χ3n) is 3.92. The van der Waals surface area contributed by atoms with Crippen LogP contribution in [0.1, 0.15) is 10.4 Å². The first kappa shape index (κ1) is 16.4. The number of rotatable bonds is 4. The number of carbonyl (C=O) groups is 2. The number of halogens is 1. The van der Waals surface area contributed by atoms with Crippen LogP contribution in [0.5, 0.6) is 0 Å². The van der Waals surface area contributed by atoms with Gasteiger partial charge in [-0.25, -0.2) is 4.98 Å². The van der Waals surface area contributed by atoms with Crippen LogP contribution in [0.2, 0.25) is 0 Å². The third-order valence-corrected chi connectivity index (χ3v) is 4.61. The summed E-state index contributed by atoms with van der Waals surface area (Å²) in [6, 6.07) is 10.9. The quantitative estimate of drug-likeness (QED) is 0.816. The van der Waals surface area contributed by atoms with E-state index in [4.69, 9.17) is 0 Å². The minimum atomic E-state index is -0.183. The fourth-order valence-electron chi connectivity index (χ4n) is 2.55. The Morgan fingerprint density at radius 2 is 1.92 bits per heavy atom. The molecule has 2 aromatic rings. The van der Waals surface area contributed by atoms with Gasteiger partial charge < -0.3 is 15.1 Å². The topological polar surface area (TPSA) is 65.5 Å². The normalized spacial score (nSPS) is 14.4. The van der Waals surface area contributed by atoms with Crippen molar-refractivity contribution in [1.29, 1.82) is 0 Å². The molecule has 1 aromatic carbocycles. The second kappa shape index (κ2) is 7.44. The Kier molecular flexibility index (Phi) is 5.10. The number of pyridine rings is 1. The van der Waals surface area contributed by atoms with E-state index in [1.165, 1.54) is 0 Å². The van der Waals surface area contributed by atoms with E-state index in [0.717, 1.165) is 22.4 Å². The van der Waals surface area contributed by atoms with Crippen molar-refractivity contribution < 1.29 is 9.59 Å². The van der Waals surface area contributed by atoms with Gasteiger partial charge >= 0.3 is 0 Å². The van der Waals surface area contributed by atoms with E-state index >= 15 is 0 Å². The van der Waals surface area contributed by atoms with Crippen molar-refractivity contribution in [2.24, 2.45) is 0 Å². The maximum absolute atomic E-state index is 12.5. The Hall–Kier alpha value is -2.41. The van der Waals surface area contributed by atoms with E-state index < -0.39 is 0 Å². The van der Waals surface area contributed by atoms with Gasteiger partial charge in [-0.15, -0.1) is 0 Å². The summed E-state index contributed by atoms with van der Waals surface area (Å²) in [6.45, 7) is 2.75. The van der Waals surface area contributed by atoms with Crippen LogP contribution in [-0.4, -0.2) is 48.4 Å². The summed E-state index contributed by atoms with van der Waals surface area (Å²) in [4.78, 5) is 31.4. The highest BCUT2D eigenvalue weighted by atomic mass is 79.9. The highest BCUT2D eigenvalue weighted by Crippen LogP contribution is 2.22. The maximum atomic E-state index is 12.5. The second-order valence-corrected chi connectivity index (χ2v) is 6.32. The lowest BCUT2D eigenvalue weighted by molar-refractivity contribution is -0.118. The molecule has 0 aliphatic carbocycles.